The predicted octanol–water partition coefficient (Wildman–Crippen LogP) is 2.35. The van der Waals surface area contributed by atoms with Crippen LogP contribution in [0, 0.1) is 13.8 Å². The molecule has 2 aromatic rings. The largest absolute Gasteiger partial charge is 0.491 e. The molecular weight excluding hydrogens is 282 g/mol. The maximum Gasteiger partial charge on any atom is 0.156 e. The third-order valence-corrected chi connectivity index (χ3v) is 2.97. The molecule has 2 N–H and O–H groups in total. The van der Waals surface area contributed by atoms with E-state index in [2.05, 4.69) is 15.3 Å². The van der Waals surface area contributed by atoms with Gasteiger partial charge >= 0.3 is 0 Å². The molecule has 0 fully saturated rings. The summed E-state index contributed by atoms with van der Waals surface area (Å²) in [7, 11) is 1.62. The summed E-state index contributed by atoms with van der Waals surface area (Å²) in [4.78, 5) is 8.72. The minimum Gasteiger partial charge on any atom is -0.491 e. The molecule has 0 aliphatic rings. The van der Waals surface area contributed by atoms with Crippen molar-refractivity contribution in [2.24, 2.45) is 0 Å². The maximum absolute atomic E-state index is 8.80. The first-order valence-electron chi connectivity index (χ1n) is 7.07. The number of aryl methyl sites for hydroxylation is 2. The first kappa shape index (κ1) is 16.2. The Bertz CT molecular complexity index is 632. The quantitative estimate of drug-likeness (QED) is 0.817. The highest BCUT2D eigenvalue weighted by atomic mass is 16.5. The van der Waals surface area contributed by atoms with Crippen LogP contribution in [0.1, 0.15) is 17.1 Å². The second-order valence-electron chi connectivity index (χ2n) is 4.92. The summed E-state index contributed by atoms with van der Waals surface area (Å²) in [5, 5.41) is 12.1. The van der Waals surface area contributed by atoms with Crippen LogP contribution in [0.2, 0.25) is 0 Å². The fourth-order valence-electron chi connectivity index (χ4n) is 2.08. The second kappa shape index (κ2) is 7.72. The first-order chi connectivity index (χ1) is 10.6. The molecule has 0 aliphatic heterocycles. The van der Waals surface area contributed by atoms with Crippen LogP contribution in [-0.2, 0) is 11.3 Å². The molecule has 0 saturated carbocycles. The zero-order valence-electron chi connectivity index (χ0n) is 13.1. The van der Waals surface area contributed by atoms with Gasteiger partial charge in [0.15, 0.2) is 5.82 Å². The van der Waals surface area contributed by atoms with Gasteiger partial charge in [0.1, 0.15) is 24.8 Å². The van der Waals surface area contributed by atoms with Crippen LogP contribution in [0.25, 0.3) is 0 Å². The summed E-state index contributed by atoms with van der Waals surface area (Å²) in [6, 6.07) is 7.63. The molecule has 1 heterocycles. The lowest BCUT2D eigenvalue weighted by atomic mass is 10.2. The number of ether oxygens (including phenoxy) is 2. The molecule has 0 aliphatic carbocycles. The van der Waals surface area contributed by atoms with Crippen molar-refractivity contribution in [3.05, 3.63) is 41.3 Å². The monoisotopic (exact) mass is 303 g/mol. The van der Waals surface area contributed by atoms with Crippen LogP contribution >= 0.6 is 0 Å². The lowest BCUT2D eigenvalue weighted by Crippen LogP contribution is -2.04. The van der Waals surface area contributed by atoms with Gasteiger partial charge in [0, 0.05) is 24.6 Å². The molecule has 6 nitrogen and oxygen atoms in total. The molecule has 6 heteroatoms. The summed E-state index contributed by atoms with van der Waals surface area (Å²) >= 11 is 0. The van der Waals surface area contributed by atoms with Gasteiger partial charge in [0.05, 0.1) is 6.61 Å². The van der Waals surface area contributed by atoms with Crippen molar-refractivity contribution >= 4 is 11.5 Å². The summed E-state index contributed by atoms with van der Waals surface area (Å²) in [6.07, 6.45) is 0. The van der Waals surface area contributed by atoms with E-state index in [4.69, 9.17) is 14.6 Å². The lowest BCUT2D eigenvalue weighted by Gasteiger charge is -2.12. The number of hydrogen-bond acceptors (Lipinski definition) is 6. The topological polar surface area (TPSA) is 76.5 Å². The third kappa shape index (κ3) is 4.41. The number of nitrogens with zero attached hydrogens (tertiary/aromatic N) is 2. The number of aliphatic hydroxyl groups excluding tert-OH is 1. The average molecular weight is 303 g/mol. The number of aliphatic hydroxyl groups is 1. The fraction of sp³-hybridized carbons (Fsp3) is 0.375. The molecule has 0 atom stereocenters. The van der Waals surface area contributed by atoms with Gasteiger partial charge in [0.2, 0.25) is 0 Å². The number of benzene rings is 1. The van der Waals surface area contributed by atoms with Crippen molar-refractivity contribution in [1.82, 2.24) is 9.97 Å². The van der Waals surface area contributed by atoms with E-state index in [-0.39, 0.29) is 6.61 Å². The van der Waals surface area contributed by atoms with Crippen molar-refractivity contribution < 1.29 is 14.6 Å². The highest BCUT2D eigenvalue weighted by Crippen LogP contribution is 2.24. The highest BCUT2D eigenvalue weighted by molar-refractivity contribution is 5.59. The highest BCUT2D eigenvalue weighted by Gasteiger charge is 2.05. The van der Waals surface area contributed by atoms with Gasteiger partial charge < -0.3 is 19.9 Å². The Balaban J connectivity index is 2.15. The van der Waals surface area contributed by atoms with Crippen molar-refractivity contribution in [2.45, 2.75) is 20.5 Å². The molecule has 0 spiro atoms. The minimum atomic E-state index is 0.00191. The maximum atomic E-state index is 8.80. The van der Waals surface area contributed by atoms with Crippen LogP contribution in [0.15, 0.2) is 24.3 Å². The Morgan fingerprint density at radius 3 is 2.68 bits per heavy atom. The van der Waals surface area contributed by atoms with Crippen molar-refractivity contribution in [1.29, 1.82) is 0 Å². The zero-order chi connectivity index (χ0) is 15.9. The lowest BCUT2D eigenvalue weighted by molar-refractivity contribution is 0.177. The van der Waals surface area contributed by atoms with Gasteiger partial charge in [-0.1, -0.05) is 0 Å². The predicted molar refractivity (Wildman–Crippen MR) is 84.5 cm³/mol. The molecule has 0 saturated heterocycles. The Kier molecular flexibility index (Phi) is 5.68. The molecule has 22 heavy (non-hydrogen) atoms. The summed E-state index contributed by atoms with van der Waals surface area (Å²) < 4.78 is 10.5. The van der Waals surface area contributed by atoms with E-state index in [9.17, 15) is 0 Å². The van der Waals surface area contributed by atoms with Gasteiger partial charge in [-0.15, -0.1) is 0 Å². The van der Waals surface area contributed by atoms with Crippen LogP contribution in [0.4, 0.5) is 11.5 Å². The zero-order valence-corrected chi connectivity index (χ0v) is 13.1. The van der Waals surface area contributed by atoms with E-state index < -0.39 is 0 Å². The van der Waals surface area contributed by atoms with E-state index in [1.807, 2.05) is 38.1 Å². The van der Waals surface area contributed by atoms with Crippen LogP contribution in [0.5, 0.6) is 5.75 Å². The molecular formula is C16H21N3O3. The van der Waals surface area contributed by atoms with Gasteiger partial charge in [-0.3, -0.25) is 0 Å². The van der Waals surface area contributed by atoms with E-state index in [0.717, 1.165) is 28.5 Å². The smallest absolute Gasteiger partial charge is 0.156 e. The summed E-state index contributed by atoms with van der Waals surface area (Å²) in [6.45, 7) is 4.55. The number of methoxy groups -OCH3 is 1. The second-order valence-corrected chi connectivity index (χ2v) is 4.92. The molecule has 0 bridgehead atoms. The first-order valence-corrected chi connectivity index (χ1v) is 7.07. The fourth-order valence-corrected chi connectivity index (χ4v) is 2.08. The Hall–Kier alpha value is -2.18. The third-order valence-electron chi connectivity index (χ3n) is 2.97. The van der Waals surface area contributed by atoms with Crippen molar-refractivity contribution in [3.63, 3.8) is 0 Å². The Labute approximate surface area is 130 Å². The standard InChI is InChI=1S/C16H21N3O3/c1-11-8-13(4-5-14(11)22-7-6-20)18-15-9-12(2)17-16(19-15)10-21-3/h4-5,8-9,20H,6-7,10H2,1-3H3,(H,17,18,19). The minimum absolute atomic E-state index is 0.00191. The van der Waals surface area contributed by atoms with Gasteiger partial charge in [0.25, 0.3) is 0 Å². The van der Waals surface area contributed by atoms with E-state index in [0.29, 0.717) is 19.0 Å². The van der Waals surface area contributed by atoms with Crippen LogP contribution < -0.4 is 10.1 Å². The molecule has 0 unspecified atom stereocenters. The summed E-state index contributed by atoms with van der Waals surface area (Å²) in [5.74, 6) is 2.13. The number of anilines is 2. The number of hydrogen-bond donors (Lipinski definition) is 2. The van der Waals surface area contributed by atoms with Gasteiger partial charge in [-0.25, -0.2) is 9.97 Å². The van der Waals surface area contributed by atoms with Crippen molar-refractivity contribution in [3.8, 4) is 5.75 Å². The van der Waals surface area contributed by atoms with Crippen LogP contribution in [0.3, 0.4) is 0 Å². The Morgan fingerprint density at radius 1 is 1.18 bits per heavy atom. The normalized spacial score (nSPS) is 10.5. The van der Waals surface area contributed by atoms with E-state index >= 15 is 0 Å². The molecule has 0 amide bonds. The average Bonchev–Trinajstić information content (AvgIpc) is 2.46. The number of nitrogens with one attached hydrogen (secondary N) is 1. The molecule has 1 aromatic carbocycles. The van der Waals surface area contributed by atoms with Crippen molar-refractivity contribution in [2.75, 3.05) is 25.6 Å². The summed E-state index contributed by atoms with van der Waals surface area (Å²) in [5.41, 5.74) is 2.78. The SMILES string of the molecule is COCc1nc(C)cc(Nc2ccc(OCCO)c(C)c2)n1. The Morgan fingerprint density at radius 2 is 2.00 bits per heavy atom. The number of rotatable bonds is 7. The molecule has 2 rings (SSSR count). The number of aromatic nitrogens is 2. The molecule has 1 aromatic heterocycles. The van der Waals surface area contributed by atoms with Gasteiger partial charge in [-0.05, 0) is 37.6 Å². The van der Waals surface area contributed by atoms with E-state index in [1.165, 1.54) is 0 Å². The molecule has 118 valence electrons. The van der Waals surface area contributed by atoms with Gasteiger partial charge in [-0.2, -0.15) is 0 Å². The van der Waals surface area contributed by atoms with Crippen LogP contribution in [-0.4, -0.2) is 35.4 Å². The molecule has 0 radical (unpaired) electrons. The van der Waals surface area contributed by atoms with E-state index in [1.54, 1.807) is 7.11 Å².